The van der Waals surface area contributed by atoms with Crippen LogP contribution in [0.15, 0.2) is 17.2 Å². The lowest BCUT2D eigenvalue weighted by molar-refractivity contribution is -0.274. The number of hydrazine groups is 2. The number of amides is 2. The summed E-state index contributed by atoms with van der Waals surface area (Å²) in [7, 11) is 1.24. The molecule has 0 aliphatic carbocycles. The molecule has 0 radical (unpaired) electrons. The van der Waals surface area contributed by atoms with Crippen molar-refractivity contribution in [2.45, 2.75) is 26.3 Å². The van der Waals surface area contributed by atoms with Crippen LogP contribution in [-0.4, -0.2) is 48.9 Å². The number of guanidine groups is 1. The van der Waals surface area contributed by atoms with Gasteiger partial charge in [0.05, 0.1) is 10.6 Å². The molecule has 160 valence electrons. The van der Waals surface area contributed by atoms with E-state index in [1.54, 1.807) is 6.92 Å². The summed E-state index contributed by atoms with van der Waals surface area (Å²) in [5, 5.41) is 9.44. The van der Waals surface area contributed by atoms with Crippen molar-refractivity contribution in [2.75, 3.05) is 19.0 Å². The van der Waals surface area contributed by atoms with Crippen LogP contribution < -0.4 is 26.4 Å². The molecule has 4 N–H and O–H groups in total. The summed E-state index contributed by atoms with van der Waals surface area (Å²) in [6.07, 6.45) is -6.04. The van der Waals surface area contributed by atoms with E-state index in [4.69, 9.17) is 16.3 Å². The van der Waals surface area contributed by atoms with Crippen molar-refractivity contribution < 1.29 is 32.2 Å². The fourth-order valence-corrected chi connectivity index (χ4v) is 2.43. The predicted molar refractivity (Wildman–Crippen MR) is 96.8 cm³/mol. The average Bonchev–Trinajstić information content (AvgIpc) is 3.09. The Morgan fingerprint density at radius 1 is 1.34 bits per heavy atom. The fourth-order valence-electron chi connectivity index (χ4n) is 2.14. The third-order valence-corrected chi connectivity index (χ3v) is 4.08. The van der Waals surface area contributed by atoms with Crippen LogP contribution in [0, 0.1) is 0 Å². The van der Waals surface area contributed by atoms with Crippen LogP contribution in [0.25, 0.3) is 0 Å². The van der Waals surface area contributed by atoms with Crippen LogP contribution in [0.4, 0.5) is 18.9 Å². The van der Waals surface area contributed by atoms with Crippen LogP contribution in [0.5, 0.6) is 5.75 Å². The second kappa shape index (κ2) is 9.15. The molecule has 1 unspecified atom stereocenters. The summed E-state index contributed by atoms with van der Waals surface area (Å²) in [6, 6.07) is 1.90. The van der Waals surface area contributed by atoms with Gasteiger partial charge in [0.1, 0.15) is 11.8 Å². The van der Waals surface area contributed by atoms with E-state index < -0.39 is 40.7 Å². The predicted octanol–water partition coefficient (Wildman–Crippen LogP) is 1.56. The summed E-state index contributed by atoms with van der Waals surface area (Å²) in [6.45, 7) is 3.60. The summed E-state index contributed by atoms with van der Waals surface area (Å²) < 4.78 is 46.9. The minimum absolute atomic E-state index is 0.114. The standard InChI is InChI=1S/C15H18ClF3N6O4/c1-4-25-14(22-23-24-25)21-13(27)8-5-6-9(29-15(17,18)19)11(10(8)16)20-12(26)7(2)28-3/h5-7,23-24H,4H2,1-3H3,(H,20,26)(H,21,22,27). The molecule has 2 rings (SSSR count). The second-order valence-corrected chi connectivity index (χ2v) is 5.95. The quantitative estimate of drug-likeness (QED) is 0.532. The first-order chi connectivity index (χ1) is 13.6. The Labute approximate surface area is 168 Å². The molecule has 1 aromatic carbocycles. The summed E-state index contributed by atoms with van der Waals surface area (Å²) in [4.78, 5) is 24.6. The molecule has 14 heteroatoms. The number of hydrazone groups is 1. The molecular formula is C15H18ClF3N6O4. The zero-order chi connectivity index (χ0) is 21.8. The number of nitrogens with zero attached hydrogens (tertiary/aromatic N) is 2. The first-order valence-corrected chi connectivity index (χ1v) is 8.54. The van der Waals surface area contributed by atoms with E-state index in [1.807, 2.05) is 0 Å². The third-order valence-electron chi connectivity index (χ3n) is 3.69. The Bertz CT molecular complexity index is 820. The van der Waals surface area contributed by atoms with Gasteiger partial charge in [-0.25, -0.2) is 5.53 Å². The molecule has 1 aliphatic rings. The van der Waals surface area contributed by atoms with Crippen molar-refractivity contribution in [2.24, 2.45) is 5.10 Å². The van der Waals surface area contributed by atoms with Gasteiger partial charge in [0.25, 0.3) is 11.8 Å². The van der Waals surface area contributed by atoms with Crippen LogP contribution in [0.3, 0.4) is 0 Å². The normalized spacial score (nSPS) is 14.7. The Morgan fingerprint density at radius 2 is 2.03 bits per heavy atom. The molecular weight excluding hydrogens is 421 g/mol. The topological polar surface area (TPSA) is 116 Å². The molecule has 1 aliphatic heterocycles. The Hall–Kier alpha value is -2.77. The number of carbonyl (C=O) groups is 2. The first kappa shape index (κ1) is 22.5. The number of ether oxygens (including phenoxy) is 2. The smallest absolute Gasteiger partial charge is 0.404 e. The Balaban J connectivity index is 2.37. The van der Waals surface area contributed by atoms with Crippen LogP contribution in [-0.2, 0) is 9.53 Å². The van der Waals surface area contributed by atoms with Gasteiger partial charge in [0, 0.05) is 13.7 Å². The second-order valence-electron chi connectivity index (χ2n) is 5.57. The molecule has 0 aromatic heterocycles. The number of anilines is 1. The zero-order valence-electron chi connectivity index (χ0n) is 15.5. The number of alkyl halides is 3. The van der Waals surface area contributed by atoms with Gasteiger partial charge in [-0.05, 0) is 26.0 Å². The third kappa shape index (κ3) is 5.62. The van der Waals surface area contributed by atoms with Gasteiger partial charge in [0.2, 0.25) is 5.96 Å². The minimum Gasteiger partial charge on any atom is -0.404 e. The highest BCUT2D eigenvalue weighted by molar-refractivity contribution is 6.37. The summed E-state index contributed by atoms with van der Waals surface area (Å²) in [5.74, 6) is -2.23. The number of carbonyl (C=O) groups excluding carboxylic acids is 2. The number of methoxy groups -OCH3 is 1. The van der Waals surface area contributed by atoms with E-state index in [1.165, 1.54) is 19.0 Å². The van der Waals surface area contributed by atoms with Crippen LogP contribution >= 0.6 is 11.6 Å². The van der Waals surface area contributed by atoms with E-state index in [-0.39, 0.29) is 11.5 Å². The molecule has 2 amide bonds. The summed E-state index contributed by atoms with van der Waals surface area (Å²) >= 11 is 6.14. The van der Waals surface area contributed by atoms with Gasteiger partial charge >= 0.3 is 6.36 Å². The number of benzene rings is 1. The van der Waals surface area contributed by atoms with Crippen molar-refractivity contribution in [3.63, 3.8) is 0 Å². The van der Waals surface area contributed by atoms with E-state index in [0.717, 1.165) is 12.1 Å². The molecule has 10 nitrogen and oxygen atoms in total. The number of halogens is 4. The Kier molecular flexibility index (Phi) is 7.11. The fraction of sp³-hybridized carbons (Fsp3) is 0.400. The highest BCUT2D eigenvalue weighted by atomic mass is 35.5. The first-order valence-electron chi connectivity index (χ1n) is 8.16. The molecule has 1 atom stereocenters. The van der Waals surface area contributed by atoms with Gasteiger partial charge in [-0.15, -0.1) is 23.8 Å². The van der Waals surface area contributed by atoms with E-state index in [0.29, 0.717) is 6.54 Å². The molecule has 0 saturated carbocycles. The number of rotatable bonds is 6. The van der Waals surface area contributed by atoms with E-state index >= 15 is 0 Å². The monoisotopic (exact) mass is 438 g/mol. The van der Waals surface area contributed by atoms with Gasteiger partial charge in [-0.3, -0.25) is 19.9 Å². The minimum atomic E-state index is -5.04. The van der Waals surface area contributed by atoms with Crippen molar-refractivity contribution in [3.8, 4) is 5.75 Å². The number of hydrogen-bond acceptors (Lipinski definition) is 8. The largest absolute Gasteiger partial charge is 0.573 e. The van der Waals surface area contributed by atoms with Crippen molar-refractivity contribution in [1.82, 2.24) is 21.4 Å². The van der Waals surface area contributed by atoms with Crippen LogP contribution in [0.1, 0.15) is 24.2 Å². The lowest BCUT2D eigenvalue weighted by Crippen LogP contribution is -2.47. The average molecular weight is 439 g/mol. The highest BCUT2D eigenvalue weighted by Crippen LogP contribution is 2.38. The molecule has 1 heterocycles. The molecule has 0 saturated heterocycles. The highest BCUT2D eigenvalue weighted by Gasteiger charge is 2.34. The molecule has 0 fully saturated rings. The van der Waals surface area contributed by atoms with Gasteiger partial charge in [-0.1, -0.05) is 11.6 Å². The van der Waals surface area contributed by atoms with Gasteiger partial charge in [-0.2, -0.15) is 0 Å². The number of nitrogens with one attached hydrogen (secondary N) is 4. The SMILES string of the molecule is CCN1NNN=C1NC(=O)c1ccc(OC(F)(F)F)c(NC(=O)C(C)OC)c1Cl. The Morgan fingerprint density at radius 3 is 2.62 bits per heavy atom. The molecule has 29 heavy (non-hydrogen) atoms. The number of hydrogen-bond donors (Lipinski definition) is 4. The zero-order valence-corrected chi connectivity index (χ0v) is 16.2. The van der Waals surface area contributed by atoms with E-state index in [9.17, 15) is 22.8 Å². The maximum atomic E-state index is 12.7. The van der Waals surface area contributed by atoms with Crippen molar-refractivity contribution in [3.05, 3.63) is 22.7 Å². The summed E-state index contributed by atoms with van der Waals surface area (Å²) in [5.41, 5.74) is 4.33. The van der Waals surface area contributed by atoms with Gasteiger partial charge in [0.15, 0.2) is 5.75 Å². The molecule has 0 bridgehead atoms. The van der Waals surface area contributed by atoms with Crippen molar-refractivity contribution in [1.29, 1.82) is 0 Å². The molecule has 1 aromatic rings. The maximum absolute atomic E-state index is 12.7. The lowest BCUT2D eigenvalue weighted by atomic mass is 10.1. The van der Waals surface area contributed by atoms with Crippen LogP contribution in [0.2, 0.25) is 5.02 Å². The lowest BCUT2D eigenvalue weighted by Gasteiger charge is -2.19. The maximum Gasteiger partial charge on any atom is 0.573 e. The molecule has 0 spiro atoms. The van der Waals surface area contributed by atoms with Crippen molar-refractivity contribution >= 4 is 35.1 Å². The van der Waals surface area contributed by atoms with Gasteiger partial charge < -0.3 is 14.8 Å². The van der Waals surface area contributed by atoms with E-state index in [2.05, 4.69) is 31.5 Å².